The second-order valence-electron chi connectivity index (χ2n) is 3.58. The first kappa shape index (κ1) is 13.2. The van der Waals surface area contributed by atoms with E-state index in [1.54, 1.807) is 0 Å². The first-order valence-electron chi connectivity index (χ1n) is 4.80. The van der Waals surface area contributed by atoms with Crippen molar-refractivity contribution < 1.29 is 24.8 Å². The van der Waals surface area contributed by atoms with Crippen LogP contribution < -0.4 is 0 Å². The van der Waals surface area contributed by atoms with Crippen molar-refractivity contribution in [2.75, 3.05) is 20.3 Å². The van der Waals surface area contributed by atoms with E-state index in [9.17, 15) is 10.2 Å². The van der Waals surface area contributed by atoms with Gasteiger partial charge in [-0.3, -0.25) is 0 Å². The molecule has 3 N–H and O–H groups in total. The van der Waals surface area contributed by atoms with E-state index in [0.29, 0.717) is 0 Å². The maximum atomic E-state index is 9.67. The van der Waals surface area contributed by atoms with Crippen molar-refractivity contribution in [1.29, 1.82) is 0 Å². The van der Waals surface area contributed by atoms with Crippen LogP contribution >= 0.6 is 0 Å². The van der Waals surface area contributed by atoms with Crippen molar-refractivity contribution in [2.24, 2.45) is 5.11 Å². The van der Waals surface area contributed by atoms with Crippen molar-refractivity contribution in [3.8, 4) is 0 Å². The van der Waals surface area contributed by atoms with E-state index in [4.69, 9.17) is 20.1 Å². The van der Waals surface area contributed by atoms with Crippen molar-refractivity contribution in [2.45, 2.75) is 30.5 Å². The Morgan fingerprint density at radius 3 is 2.81 bits per heavy atom. The fourth-order valence-electron chi connectivity index (χ4n) is 1.69. The molecule has 1 aliphatic heterocycles. The summed E-state index contributed by atoms with van der Waals surface area (Å²) in [5, 5.41) is 31.7. The summed E-state index contributed by atoms with van der Waals surface area (Å²) < 4.78 is 10.2. The molecule has 0 radical (unpaired) electrons. The highest BCUT2D eigenvalue weighted by Gasteiger charge is 2.49. The van der Waals surface area contributed by atoms with Gasteiger partial charge in [-0.05, 0) is 5.53 Å². The molecular formula is C8H15N3O5. The molecule has 0 aromatic carbocycles. The second-order valence-corrected chi connectivity index (χ2v) is 3.58. The van der Waals surface area contributed by atoms with Crippen LogP contribution in [0.2, 0.25) is 0 Å². The lowest BCUT2D eigenvalue weighted by Crippen LogP contribution is -2.61. The van der Waals surface area contributed by atoms with Crippen LogP contribution in [0, 0.1) is 0 Å². The maximum absolute atomic E-state index is 9.67. The molecule has 4 atom stereocenters. The zero-order chi connectivity index (χ0) is 12.2. The predicted octanol–water partition coefficient (Wildman–Crippen LogP) is -0.858. The molecule has 0 aromatic heterocycles. The van der Waals surface area contributed by atoms with Crippen LogP contribution in [0.3, 0.4) is 0 Å². The Labute approximate surface area is 92.0 Å². The highest BCUT2D eigenvalue weighted by atomic mass is 16.7. The molecule has 92 valence electrons. The third kappa shape index (κ3) is 2.43. The van der Waals surface area contributed by atoms with Gasteiger partial charge in [0, 0.05) is 18.4 Å². The lowest BCUT2D eigenvalue weighted by molar-refractivity contribution is -0.340. The Balaban J connectivity index is 2.79. The average molecular weight is 233 g/mol. The minimum Gasteiger partial charge on any atom is -0.391 e. The molecule has 0 unspecified atom stereocenters. The van der Waals surface area contributed by atoms with E-state index >= 15 is 0 Å². The van der Waals surface area contributed by atoms with Crippen LogP contribution in [-0.2, 0) is 9.47 Å². The van der Waals surface area contributed by atoms with Gasteiger partial charge < -0.3 is 24.8 Å². The summed E-state index contributed by atoms with van der Waals surface area (Å²) in [5.74, 6) is -1.66. The van der Waals surface area contributed by atoms with Crippen LogP contribution in [0.25, 0.3) is 10.4 Å². The number of methoxy groups -OCH3 is 1. The summed E-state index contributed by atoms with van der Waals surface area (Å²) in [4.78, 5) is 2.57. The van der Waals surface area contributed by atoms with Gasteiger partial charge in [0.05, 0.1) is 18.8 Å². The summed E-state index contributed by atoms with van der Waals surface area (Å²) in [6, 6.07) is 0. The lowest BCUT2D eigenvalue weighted by atomic mass is 9.95. The van der Waals surface area contributed by atoms with Gasteiger partial charge in [-0.15, -0.1) is 0 Å². The zero-order valence-electron chi connectivity index (χ0n) is 8.85. The third-order valence-electron chi connectivity index (χ3n) is 2.60. The van der Waals surface area contributed by atoms with Gasteiger partial charge in [0.1, 0.15) is 12.7 Å². The molecule has 0 bridgehead atoms. The van der Waals surface area contributed by atoms with E-state index in [2.05, 4.69) is 10.0 Å². The molecule has 1 rings (SSSR count). The van der Waals surface area contributed by atoms with E-state index in [1.165, 1.54) is 7.11 Å². The molecule has 1 aliphatic rings. The molecule has 8 heteroatoms. The van der Waals surface area contributed by atoms with Crippen molar-refractivity contribution >= 4 is 0 Å². The number of aliphatic hydroxyl groups is 3. The number of aliphatic hydroxyl groups excluding tert-OH is 3. The minimum atomic E-state index is -1.66. The minimum absolute atomic E-state index is 0.00535. The average Bonchev–Trinajstić information content (AvgIpc) is 2.31. The first-order chi connectivity index (χ1) is 7.59. The second kappa shape index (κ2) is 5.44. The molecule has 0 aromatic rings. The Bertz CT molecular complexity index is 277. The van der Waals surface area contributed by atoms with Crippen LogP contribution in [0.5, 0.6) is 0 Å². The Hall–Kier alpha value is -0.890. The fourth-order valence-corrected chi connectivity index (χ4v) is 1.69. The molecule has 0 aliphatic carbocycles. The van der Waals surface area contributed by atoms with Crippen molar-refractivity contribution in [1.82, 2.24) is 0 Å². The number of ether oxygens (including phenoxy) is 2. The Morgan fingerprint density at radius 1 is 1.62 bits per heavy atom. The van der Waals surface area contributed by atoms with E-state index in [1.807, 2.05) is 0 Å². The summed E-state index contributed by atoms with van der Waals surface area (Å²) in [7, 11) is 1.25. The predicted molar refractivity (Wildman–Crippen MR) is 52.3 cm³/mol. The molecule has 1 fully saturated rings. The zero-order valence-corrected chi connectivity index (χ0v) is 8.85. The van der Waals surface area contributed by atoms with Gasteiger partial charge in [-0.25, -0.2) is 0 Å². The van der Waals surface area contributed by atoms with Gasteiger partial charge in [-0.2, -0.15) is 0 Å². The standard InChI is InChI=1S/C8H15N3O5/c1-15-8(4-12)7(14)6(13)2-5(16-8)3-10-11-9/h5-7,12-14H,2-4H2,1H3/t5-,6-,7-,8-/m0/s1. The first-order valence-corrected chi connectivity index (χ1v) is 4.80. The topological polar surface area (TPSA) is 128 Å². The van der Waals surface area contributed by atoms with E-state index in [0.717, 1.165) is 0 Å². The largest absolute Gasteiger partial charge is 0.391 e. The summed E-state index contributed by atoms with van der Waals surface area (Å²) >= 11 is 0. The van der Waals surface area contributed by atoms with Crippen molar-refractivity contribution in [3.63, 3.8) is 0 Å². The van der Waals surface area contributed by atoms with Gasteiger partial charge in [-0.1, -0.05) is 5.11 Å². The number of hydrogen-bond donors (Lipinski definition) is 3. The number of hydrogen-bond acceptors (Lipinski definition) is 6. The Morgan fingerprint density at radius 2 is 2.31 bits per heavy atom. The quantitative estimate of drug-likeness (QED) is 0.331. The van der Waals surface area contributed by atoms with Crippen LogP contribution in [0.4, 0.5) is 0 Å². The fraction of sp³-hybridized carbons (Fsp3) is 1.00. The molecular weight excluding hydrogens is 218 g/mol. The molecule has 1 saturated heterocycles. The molecule has 16 heavy (non-hydrogen) atoms. The van der Waals surface area contributed by atoms with Crippen LogP contribution in [0.15, 0.2) is 5.11 Å². The van der Waals surface area contributed by atoms with E-state index < -0.39 is 30.7 Å². The number of rotatable bonds is 4. The third-order valence-corrected chi connectivity index (χ3v) is 2.60. The smallest absolute Gasteiger partial charge is 0.221 e. The van der Waals surface area contributed by atoms with Gasteiger partial charge in [0.15, 0.2) is 0 Å². The van der Waals surface area contributed by atoms with E-state index in [-0.39, 0.29) is 13.0 Å². The molecule has 0 amide bonds. The van der Waals surface area contributed by atoms with Crippen LogP contribution in [0.1, 0.15) is 6.42 Å². The molecule has 8 nitrogen and oxygen atoms in total. The number of nitrogens with zero attached hydrogens (tertiary/aromatic N) is 3. The Kier molecular flexibility index (Phi) is 4.48. The lowest BCUT2D eigenvalue weighted by Gasteiger charge is -2.44. The molecule has 0 spiro atoms. The van der Waals surface area contributed by atoms with Gasteiger partial charge >= 0.3 is 0 Å². The van der Waals surface area contributed by atoms with Crippen LogP contribution in [-0.4, -0.2) is 59.7 Å². The monoisotopic (exact) mass is 233 g/mol. The summed E-state index contributed by atoms with van der Waals surface area (Å²) in [6.07, 6.45) is -2.92. The van der Waals surface area contributed by atoms with Gasteiger partial charge in [0.2, 0.25) is 5.79 Å². The number of azide groups is 1. The van der Waals surface area contributed by atoms with Gasteiger partial charge in [0.25, 0.3) is 0 Å². The summed E-state index contributed by atoms with van der Waals surface area (Å²) in [5.41, 5.74) is 8.17. The maximum Gasteiger partial charge on any atom is 0.221 e. The van der Waals surface area contributed by atoms with Crippen molar-refractivity contribution in [3.05, 3.63) is 10.4 Å². The SMILES string of the molecule is CO[C@@]1(CO)O[C@H](CN=[N+]=[N-])C[C@H](O)[C@@H]1O. The molecule has 0 saturated carbocycles. The highest BCUT2D eigenvalue weighted by Crippen LogP contribution is 2.30. The molecule has 1 heterocycles. The highest BCUT2D eigenvalue weighted by molar-refractivity contribution is 4.92. The normalized spacial score (nSPS) is 39.1. The summed E-state index contributed by atoms with van der Waals surface area (Å²) in [6.45, 7) is -0.597.